The summed E-state index contributed by atoms with van der Waals surface area (Å²) in [5, 5.41) is 7.16. The van der Waals surface area contributed by atoms with Gasteiger partial charge >= 0.3 is 6.03 Å². The summed E-state index contributed by atoms with van der Waals surface area (Å²) in [6.45, 7) is 2.54. The molecule has 4 rings (SSSR count). The second-order valence-electron chi connectivity index (χ2n) is 6.29. The lowest BCUT2D eigenvalue weighted by Crippen LogP contribution is -2.30. The number of rotatable bonds is 3. The molecule has 2 aliphatic rings. The van der Waals surface area contributed by atoms with E-state index in [4.69, 9.17) is 0 Å². The van der Waals surface area contributed by atoms with E-state index in [9.17, 15) is 9.59 Å². The van der Waals surface area contributed by atoms with Crippen LogP contribution in [-0.2, 0) is 11.3 Å². The topological polar surface area (TPSA) is 77.2 Å². The molecular weight excluding hydrogens is 292 g/mol. The maximum absolute atomic E-state index is 11.7. The molecule has 3 heterocycles. The summed E-state index contributed by atoms with van der Waals surface area (Å²) in [5.41, 5.74) is 3.44. The molecule has 0 unspecified atom stereocenters. The zero-order valence-electron chi connectivity index (χ0n) is 12.9. The smallest absolute Gasteiger partial charge is 0.324 e. The molecule has 0 bridgehead atoms. The van der Waals surface area contributed by atoms with Crippen LogP contribution in [0.5, 0.6) is 0 Å². The molecule has 1 aromatic carbocycles. The number of nitrogens with one attached hydrogen (secondary N) is 3. The molecule has 6 nitrogen and oxygen atoms in total. The normalized spacial score (nSPS) is 19.6. The molecule has 23 heavy (non-hydrogen) atoms. The van der Waals surface area contributed by atoms with Gasteiger partial charge in [0, 0.05) is 17.1 Å². The Morgan fingerprint density at radius 2 is 2.00 bits per heavy atom. The van der Waals surface area contributed by atoms with Crippen molar-refractivity contribution >= 4 is 22.8 Å². The number of imide groups is 1. The summed E-state index contributed by atoms with van der Waals surface area (Å²) in [6, 6.07) is 5.82. The second-order valence-corrected chi connectivity index (χ2v) is 6.29. The number of nitrogens with zero attached hydrogens (tertiary/aromatic N) is 1. The van der Waals surface area contributed by atoms with Crippen LogP contribution in [0.1, 0.15) is 29.9 Å². The van der Waals surface area contributed by atoms with E-state index < -0.39 is 0 Å². The van der Waals surface area contributed by atoms with Gasteiger partial charge < -0.3 is 15.6 Å². The Labute approximate surface area is 134 Å². The third-order valence-corrected chi connectivity index (χ3v) is 4.83. The molecule has 120 valence electrons. The van der Waals surface area contributed by atoms with Gasteiger partial charge in [-0.25, -0.2) is 4.79 Å². The lowest BCUT2D eigenvalue weighted by atomic mass is 9.89. The molecule has 0 saturated carbocycles. The summed E-state index contributed by atoms with van der Waals surface area (Å²) in [7, 11) is 0. The number of aromatic nitrogens is 1. The maximum atomic E-state index is 11.7. The molecule has 0 radical (unpaired) electrons. The average Bonchev–Trinajstić information content (AvgIpc) is 3.14. The summed E-state index contributed by atoms with van der Waals surface area (Å²) in [5.74, 6) is 0.403. The number of aromatic amines is 1. The number of amides is 3. The highest BCUT2D eigenvalue weighted by atomic mass is 16.2. The van der Waals surface area contributed by atoms with E-state index in [1.54, 1.807) is 0 Å². The SMILES string of the molecule is O=C1CNC(=O)N1Cc1ccc2[nH]cc(C3CCNCC3)c2c1. The van der Waals surface area contributed by atoms with Crippen molar-refractivity contribution in [2.45, 2.75) is 25.3 Å². The molecule has 0 atom stereocenters. The fourth-order valence-electron chi connectivity index (χ4n) is 3.56. The first-order chi connectivity index (χ1) is 11.2. The van der Waals surface area contributed by atoms with Gasteiger partial charge in [0.15, 0.2) is 0 Å². The maximum Gasteiger partial charge on any atom is 0.324 e. The van der Waals surface area contributed by atoms with Crippen LogP contribution < -0.4 is 10.6 Å². The van der Waals surface area contributed by atoms with E-state index in [2.05, 4.69) is 27.9 Å². The highest BCUT2D eigenvalue weighted by Crippen LogP contribution is 2.32. The van der Waals surface area contributed by atoms with Crippen LogP contribution in [0.2, 0.25) is 0 Å². The molecule has 0 aliphatic carbocycles. The summed E-state index contributed by atoms with van der Waals surface area (Å²) >= 11 is 0. The first-order valence-electron chi connectivity index (χ1n) is 8.11. The zero-order valence-corrected chi connectivity index (χ0v) is 12.9. The van der Waals surface area contributed by atoms with Crippen molar-refractivity contribution in [3.05, 3.63) is 35.5 Å². The van der Waals surface area contributed by atoms with Gasteiger partial charge in [-0.3, -0.25) is 9.69 Å². The number of urea groups is 1. The van der Waals surface area contributed by atoms with Crippen molar-refractivity contribution in [2.24, 2.45) is 0 Å². The first-order valence-corrected chi connectivity index (χ1v) is 8.11. The Bertz CT molecular complexity index is 745. The number of hydrogen-bond donors (Lipinski definition) is 3. The van der Waals surface area contributed by atoms with Gasteiger partial charge in [-0.2, -0.15) is 0 Å². The lowest BCUT2D eigenvalue weighted by molar-refractivity contribution is -0.125. The van der Waals surface area contributed by atoms with Crippen LogP contribution in [0.25, 0.3) is 10.9 Å². The Hall–Kier alpha value is -2.34. The third kappa shape index (κ3) is 2.59. The van der Waals surface area contributed by atoms with Crippen LogP contribution in [0.4, 0.5) is 4.79 Å². The molecule has 2 aliphatic heterocycles. The zero-order chi connectivity index (χ0) is 15.8. The molecule has 2 aromatic rings. The van der Waals surface area contributed by atoms with Crippen LogP contribution in [0.15, 0.2) is 24.4 Å². The fraction of sp³-hybridized carbons (Fsp3) is 0.412. The molecule has 3 amide bonds. The van der Waals surface area contributed by atoms with Gasteiger partial charge in [0.05, 0.1) is 13.1 Å². The number of carbonyl (C=O) groups excluding carboxylic acids is 2. The number of hydrogen-bond acceptors (Lipinski definition) is 3. The van der Waals surface area contributed by atoms with Gasteiger partial charge in [-0.15, -0.1) is 0 Å². The number of benzene rings is 1. The number of carbonyl (C=O) groups is 2. The molecule has 6 heteroatoms. The highest BCUT2D eigenvalue weighted by molar-refractivity contribution is 6.01. The van der Waals surface area contributed by atoms with Crippen molar-refractivity contribution in [1.29, 1.82) is 0 Å². The van der Waals surface area contributed by atoms with Crippen LogP contribution in [0.3, 0.4) is 0 Å². The Kier molecular flexibility index (Phi) is 3.53. The fourth-order valence-corrected chi connectivity index (χ4v) is 3.56. The standard InChI is InChI=1S/C17H20N4O2/c22-16-9-20-17(23)21(16)10-11-1-2-15-13(7-11)14(8-19-15)12-3-5-18-6-4-12/h1-2,7-8,12,18-19H,3-6,9-10H2,(H,20,23). The van der Waals surface area contributed by atoms with Crippen molar-refractivity contribution in [1.82, 2.24) is 20.5 Å². The predicted octanol–water partition coefficient (Wildman–Crippen LogP) is 1.69. The van der Waals surface area contributed by atoms with Gasteiger partial charge in [0.1, 0.15) is 0 Å². The van der Waals surface area contributed by atoms with Gasteiger partial charge in [-0.1, -0.05) is 6.07 Å². The van der Waals surface area contributed by atoms with Crippen LogP contribution in [0, 0.1) is 0 Å². The Morgan fingerprint density at radius 1 is 1.17 bits per heavy atom. The van der Waals surface area contributed by atoms with E-state index in [0.717, 1.165) is 37.0 Å². The van der Waals surface area contributed by atoms with E-state index >= 15 is 0 Å². The monoisotopic (exact) mass is 312 g/mol. The van der Waals surface area contributed by atoms with Crippen LogP contribution >= 0.6 is 0 Å². The number of fused-ring (bicyclic) bond motifs is 1. The van der Waals surface area contributed by atoms with E-state index in [-0.39, 0.29) is 18.5 Å². The van der Waals surface area contributed by atoms with Gasteiger partial charge in [-0.05, 0) is 55.1 Å². The van der Waals surface area contributed by atoms with Crippen molar-refractivity contribution in [2.75, 3.05) is 19.6 Å². The van der Waals surface area contributed by atoms with E-state index in [1.807, 2.05) is 12.1 Å². The second kappa shape index (κ2) is 5.70. The molecular formula is C17H20N4O2. The van der Waals surface area contributed by atoms with Gasteiger partial charge in [0.2, 0.25) is 5.91 Å². The molecule has 3 N–H and O–H groups in total. The highest BCUT2D eigenvalue weighted by Gasteiger charge is 2.28. The Morgan fingerprint density at radius 3 is 2.74 bits per heavy atom. The third-order valence-electron chi connectivity index (χ3n) is 4.83. The minimum absolute atomic E-state index is 0.103. The quantitative estimate of drug-likeness (QED) is 0.755. The number of H-pyrrole nitrogens is 1. The molecule has 2 saturated heterocycles. The number of piperidine rings is 1. The largest absolute Gasteiger partial charge is 0.361 e. The van der Waals surface area contributed by atoms with Crippen molar-refractivity contribution in [3.8, 4) is 0 Å². The van der Waals surface area contributed by atoms with Crippen molar-refractivity contribution < 1.29 is 9.59 Å². The predicted molar refractivity (Wildman–Crippen MR) is 87.1 cm³/mol. The summed E-state index contributed by atoms with van der Waals surface area (Å²) < 4.78 is 0. The molecule has 2 fully saturated rings. The van der Waals surface area contributed by atoms with E-state index in [0.29, 0.717) is 12.5 Å². The Balaban J connectivity index is 1.64. The average molecular weight is 312 g/mol. The lowest BCUT2D eigenvalue weighted by Gasteiger charge is -2.22. The van der Waals surface area contributed by atoms with Crippen LogP contribution in [-0.4, -0.2) is 41.5 Å². The summed E-state index contributed by atoms with van der Waals surface area (Å²) in [4.78, 5) is 28.1. The molecule has 0 spiro atoms. The molecule has 1 aromatic heterocycles. The van der Waals surface area contributed by atoms with Gasteiger partial charge in [0.25, 0.3) is 0 Å². The van der Waals surface area contributed by atoms with Crippen molar-refractivity contribution in [3.63, 3.8) is 0 Å². The minimum atomic E-state index is -0.303. The van der Waals surface area contributed by atoms with E-state index in [1.165, 1.54) is 15.8 Å². The minimum Gasteiger partial charge on any atom is -0.361 e. The summed E-state index contributed by atoms with van der Waals surface area (Å²) in [6.07, 6.45) is 4.40. The first kappa shape index (κ1) is 14.3.